The van der Waals surface area contributed by atoms with Gasteiger partial charge in [-0.3, -0.25) is 4.79 Å². The first kappa shape index (κ1) is 9.76. The molecule has 0 atom stereocenters. The molecular formula is C11H20O. The summed E-state index contributed by atoms with van der Waals surface area (Å²) in [6.07, 6.45) is 6.87. The third kappa shape index (κ3) is 2.33. The van der Waals surface area contributed by atoms with Crippen molar-refractivity contribution in [3.63, 3.8) is 0 Å². The van der Waals surface area contributed by atoms with E-state index in [0.29, 0.717) is 11.7 Å². The van der Waals surface area contributed by atoms with Crippen LogP contribution < -0.4 is 0 Å². The van der Waals surface area contributed by atoms with Crippen LogP contribution in [0.4, 0.5) is 0 Å². The Morgan fingerprint density at radius 3 is 2.25 bits per heavy atom. The first-order valence-corrected chi connectivity index (χ1v) is 5.30. The van der Waals surface area contributed by atoms with Crippen LogP contribution in [-0.4, -0.2) is 5.78 Å². The van der Waals surface area contributed by atoms with Crippen LogP contribution in [0.2, 0.25) is 0 Å². The van der Waals surface area contributed by atoms with E-state index in [9.17, 15) is 4.79 Å². The Morgan fingerprint density at radius 1 is 1.33 bits per heavy atom. The van der Waals surface area contributed by atoms with E-state index < -0.39 is 0 Å². The molecule has 70 valence electrons. The standard InChI is InChI=1S/C11H20O/c1-3-10(4-2)11(12)8-9-6-5-7-9/h9-10H,3-8H2,1-2H3. The SMILES string of the molecule is CCC(CC)C(=O)CC1CCC1. The second-order valence-corrected chi connectivity index (χ2v) is 3.98. The van der Waals surface area contributed by atoms with Crippen LogP contribution in [0, 0.1) is 11.8 Å². The van der Waals surface area contributed by atoms with E-state index in [0.717, 1.165) is 25.2 Å². The molecule has 1 fully saturated rings. The maximum absolute atomic E-state index is 11.6. The Morgan fingerprint density at radius 2 is 1.92 bits per heavy atom. The lowest BCUT2D eigenvalue weighted by molar-refractivity contribution is -0.124. The number of carbonyl (C=O) groups is 1. The number of ketones is 1. The normalized spacial score (nSPS) is 17.9. The summed E-state index contributed by atoms with van der Waals surface area (Å²) in [6.45, 7) is 4.24. The molecule has 1 rings (SSSR count). The van der Waals surface area contributed by atoms with Gasteiger partial charge in [-0.25, -0.2) is 0 Å². The molecule has 1 heteroatoms. The number of rotatable bonds is 5. The van der Waals surface area contributed by atoms with Crippen molar-refractivity contribution in [3.05, 3.63) is 0 Å². The van der Waals surface area contributed by atoms with Gasteiger partial charge in [-0.1, -0.05) is 33.1 Å². The van der Waals surface area contributed by atoms with E-state index in [1.807, 2.05) is 0 Å². The van der Waals surface area contributed by atoms with Crippen molar-refractivity contribution in [2.24, 2.45) is 11.8 Å². The maximum Gasteiger partial charge on any atom is 0.136 e. The average molecular weight is 168 g/mol. The van der Waals surface area contributed by atoms with Gasteiger partial charge >= 0.3 is 0 Å². The van der Waals surface area contributed by atoms with Gasteiger partial charge < -0.3 is 0 Å². The molecule has 1 nitrogen and oxygen atoms in total. The molecule has 1 aliphatic carbocycles. The van der Waals surface area contributed by atoms with Gasteiger partial charge in [-0.2, -0.15) is 0 Å². The van der Waals surface area contributed by atoms with Gasteiger partial charge in [0.25, 0.3) is 0 Å². The van der Waals surface area contributed by atoms with E-state index >= 15 is 0 Å². The van der Waals surface area contributed by atoms with Crippen LogP contribution in [0.25, 0.3) is 0 Å². The third-order valence-corrected chi connectivity index (χ3v) is 3.16. The summed E-state index contributed by atoms with van der Waals surface area (Å²) in [6, 6.07) is 0. The largest absolute Gasteiger partial charge is 0.299 e. The monoisotopic (exact) mass is 168 g/mol. The molecule has 0 saturated heterocycles. The van der Waals surface area contributed by atoms with Crippen LogP contribution in [0.15, 0.2) is 0 Å². The summed E-state index contributed by atoms with van der Waals surface area (Å²) in [4.78, 5) is 11.6. The Balaban J connectivity index is 2.24. The van der Waals surface area contributed by atoms with Gasteiger partial charge in [0.2, 0.25) is 0 Å². The molecule has 1 aliphatic rings. The fourth-order valence-electron chi connectivity index (χ4n) is 1.89. The first-order valence-electron chi connectivity index (χ1n) is 5.30. The molecule has 0 aromatic carbocycles. The van der Waals surface area contributed by atoms with Crippen LogP contribution >= 0.6 is 0 Å². The average Bonchev–Trinajstić information content (AvgIpc) is 1.99. The molecule has 0 spiro atoms. The lowest BCUT2D eigenvalue weighted by atomic mass is 9.79. The zero-order chi connectivity index (χ0) is 8.97. The number of hydrogen-bond acceptors (Lipinski definition) is 1. The smallest absolute Gasteiger partial charge is 0.136 e. The maximum atomic E-state index is 11.6. The molecular weight excluding hydrogens is 148 g/mol. The fourth-order valence-corrected chi connectivity index (χ4v) is 1.89. The van der Waals surface area contributed by atoms with Crippen LogP contribution in [0.1, 0.15) is 52.4 Å². The summed E-state index contributed by atoms with van der Waals surface area (Å²) >= 11 is 0. The second kappa shape index (κ2) is 4.64. The molecule has 0 heterocycles. The summed E-state index contributed by atoms with van der Waals surface area (Å²) in [5, 5.41) is 0. The number of Topliss-reactive ketones (excluding diaryl/α,β-unsaturated/α-hetero) is 1. The Labute approximate surface area is 75.5 Å². The van der Waals surface area contributed by atoms with Gasteiger partial charge in [0.05, 0.1) is 0 Å². The Bertz CT molecular complexity index is 143. The van der Waals surface area contributed by atoms with Gasteiger partial charge in [0.1, 0.15) is 5.78 Å². The zero-order valence-corrected chi connectivity index (χ0v) is 8.31. The van der Waals surface area contributed by atoms with Gasteiger partial charge in [-0.05, 0) is 18.8 Å². The minimum Gasteiger partial charge on any atom is -0.299 e. The van der Waals surface area contributed by atoms with E-state index in [1.54, 1.807) is 0 Å². The minimum absolute atomic E-state index is 0.352. The van der Waals surface area contributed by atoms with Gasteiger partial charge in [0, 0.05) is 12.3 Å². The number of hydrogen-bond donors (Lipinski definition) is 0. The minimum atomic E-state index is 0.352. The topological polar surface area (TPSA) is 17.1 Å². The summed E-state index contributed by atoms with van der Waals surface area (Å²) < 4.78 is 0. The van der Waals surface area contributed by atoms with Crippen molar-refractivity contribution in [1.82, 2.24) is 0 Å². The molecule has 1 saturated carbocycles. The quantitative estimate of drug-likeness (QED) is 0.616. The molecule has 0 aromatic rings. The summed E-state index contributed by atoms with van der Waals surface area (Å²) in [5.74, 6) is 1.62. The van der Waals surface area contributed by atoms with Gasteiger partial charge in [0.15, 0.2) is 0 Å². The fraction of sp³-hybridized carbons (Fsp3) is 0.909. The van der Waals surface area contributed by atoms with Crippen molar-refractivity contribution in [2.45, 2.75) is 52.4 Å². The van der Waals surface area contributed by atoms with Crippen molar-refractivity contribution in [1.29, 1.82) is 0 Å². The predicted octanol–water partition coefficient (Wildman–Crippen LogP) is 3.18. The molecule has 0 N–H and O–H groups in total. The van der Waals surface area contributed by atoms with Crippen LogP contribution in [0.3, 0.4) is 0 Å². The zero-order valence-electron chi connectivity index (χ0n) is 8.31. The molecule has 0 amide bonds. The lowest BCUT2D eigenvalue weighted by Crippen LogP contribution is -2.21. The first-order chi connectivity index (χ1) is 5.77. The highest BCUT2D eigenvalue weighted by Gasteiger charge is 2.23. The predicted molar refractivity (Wildman–Crippen MR) is 51.0 cm³/mol. The van der Waals surface area contributed by atoms with E-state index in [-0.39, 0.29) is 0 Å². The van der Waals surface area contributed by atoms with Crippen molar-refractivity contribution in [3.8, 4) is 0 Å². The summed E-state index contributed by atoms with van der Waals surface area (Å²) in [5.41, 5.74) is 0. The van der Waals surface area contributed by atoms with Crippen LogP contribution in [-0.2, 0) is 4.79 Å². The van der Waals surface area contributed by atoms with Gasteiger partial charge in [-0.15, -0.1) is 0 Å². The van der Waals surface area contributed by atoms with Crippen molar-refractivity contribution < 1.29 is 4.79 Å². The molecule has 0 aromatic heterocycles. The van der Waals surface area contributed by atoms with E-state index in [4.69, 9.17) is 0 Å². The molecule has 0 bridgehead atoms. The molecule has 0 unspecified atom stereocenters. The molecule has 12 heavy (non-hydrogen) atoms. The second-order valence-electron chi connectivity index (χ2n) is 3.98. The van der Waals surface area contributed by atoms with E-state index in [1.165, 1.54) is 19.3 Å². The summed E-state index contributed by atoms with van der Waals surface area (Å²) in [7, 11) is 0. The highest BCUT2D eigenvalue weighted by atomic mass is 16.1. The highest BCUT2D eigenvalue weighted by molar-refractivity contribution is 5.81. The van der Waals surface area contributed by atoms with Crippen molar-refractivity contribution >= 4 is 5.78 Å². The highest BCUT2D eigenvalue weighted by Crippen LogP contribution is 2.31. The Hall–Kier alpha value is -0.330. The molecule has 0 aliphatic heterocycles. The van der Waals surface area contributed by atoms with Crippen LogP contribution in [0.5, 0.6) is 0 Å². The van der Waals surface area contributed by atoms with E-state index in [2.05, 4.69) is 13.8 Å². The Kier molecular flexibility index (Phi) is 3.77. The van der Waals surface area contributed by atoms with Crippen molar-refractivity contribution in [2.75, 3.05) is 0 Å². The number of carbonyl (C=O) groups excluding carboxylic acids is 1. The lowest BCUT2D eigenvalue weighted by Gasteiger charge is -2.25. The molecule has 0 radical (unpaired) electrons. The third-order valence-electron chi connectivity index (χ3n) is 3.16.